The Bertz CT molecular complexity index is 1440. The number of aryl methyl sites for hydroxylation is 2. The van der Waals surface area contributed by atoms with Crippen LogP contribution in [0.4, 0.5) is 5.95 Å². The van der Waals surface area contributed by atoms with Gasteiger partial charge in [0.1, 0.15) is 5.65 Å². The third-order valence-electron chi connectivity index (χ3n) is 6.69. The Morgan fingerprint density at radius 1 is 1.09 bits per heavy atom. The summed E-state index contributed by atoms with van der Waals surface area (Å²) in [6, 6.07) is 14.0. The SMILES string of the molecule is CCn1c(=O)c(-c2ccc(-c3cccc(C)n3)cc2Cl)cc2cnc(NC3CCC(N)CC3)nc21. The van der Waals surface area contributed by atoms with Crippen LogP contribution in [0.3, 0.4) is 0 Å². The zero-order valence-electron chi connectivity index (χ0n) is 20.0. The van der Waals surface area contributed by atoms with Crippen LogP contribution in [0.1, 0.15) is 38.3 Å². The number of aromatic nitrogens is 4. The second-order valence-corrected chi connectivity index (χ2v) is 9.60. The number of nitrogens with one attached hydrogen (secondary N) is 1. The normalized spacial score (nSPS) is 18.1. The molecule has 0 atom stereocenters. The van der Waals surface area contributed by atoms with Crippen LogP contribution in [0.2, 0.25) is 5.02 Å². The minimum Gasteiger partial charge on any atom is -0.351 e. The lowest BCUT2D eigenvalue weighted by molar-refractivity contribution is 0.410. The van der Waals surface area contributed by atoms with Crippen molar-refractivity contribution in [3.05, 3.63) is 69.7 Å². The zero-order chi connectivity index (χ0) is 24.5. The molecule has 3 aromatic heterocycles. The van der Waals surface area contributed by atoms with E-state index in [2.05, 4.69) is 15.3 Å². The lowest BCUT2D eigenvalue weighted by Gasteiger charge is -2.26. The summed E-state index contributed by atoms with van der Waals surface area (Å²) in [6.45, 7) is 4.38. The van der Waals surface area contributed by atoms with Gasteiger partial charge in [0.05, 0.1) is 5.69 Å². The summed E-state index contributed by atoms with van der Waals surface area (Å²) in [5.74, 6) is 0.542. The van der Waals surface area contributed by atoms with Crippen LogP contribution >= 0.6 is 11.6 Å². The Morgan fingerprint density at radius 3 is 2.60 bits per heavy atom. The van der Waals surface area contributed by atoms with Crippen molar-refractivity contribution in [2.45, 2.75) is 58.2 Å². The molecule has 4 aromatic rings. The van der Waals surface area contributed by atoms with Crippen molar-refractivity contribution in [3.8, 4) is 22.4 Å². The molecule has 5 rings (SSSR count). The van der Waals surface area contributed by atoms with Crippen LogP contribution in [0.25, 0.3) is 33.4 Å². The Hall–Kier alpha value is -3.29. The molecule has 0 saturated heterocycles. The number of nitrogens with two attached hydrogens (primary N) is 1. The molecule has 0 amide bonds. The molecule has 7 nitrogen and oxygen atoms in total. The van der Waals surface area contributed by atoms with E-state index in [1.165, 1.54) is 0 Å². The van der Waals surface area contributed by atoms with Crippen molar-refractivity contribution >= 4 is 28.6 Å². The van der Waals surface area contributed by atoms with E-state index >= 15 is 0 Å². The molecule has 3 heterocycles. The first-order chi connectivity index (χ1) is 16.9. The van der Waals surface area contributed by atoms with Gasteiger partial charge in [-0.3, -0.25) is 14.3 Å². The first-order valence-corrected chi connectivity index (χ1v) is 12.5. The maximum Gasteiger partial charge on any atom is 0.260 e. The molecule has 0 spiro atoms. The second-order valence-electron chi connectivity index (χ2n) is 9.19. The highest BCUT2D eigenvalue weighted by Gasteiger charge is 2.20. The number of pyridine rings is 2. The monoisotopic (exact) mass is 488 g/mol. The van der Waals surface area contributed by atoms with Gasteiger partial charge in [0.2, 0.25) is 5.95 Å². The van der Waals surface area contributed by atoms with Gasteiger partial charge in [-0.1, -0.05) is 29.8 Å². The molecule has 1 aliphatic carbocycles. The summed E-state index contributed by atoms with van der Waals surface area (Å²) in [5, 5.41) is 4.71. The number of hydrogen-bond acceptors (Lipinski definition) is 6. The average molecular weight is 489 g/mol. The Balaban J connectivity index is 1.51. The first kappa shape index (κ1) is 23.5. The van der Waals surface area contributed by atoms with Crippen LogP contribution in [0.15, 0.2) is 53.5 Å². The van der Waals surface area contributed by atoms with Crippen LogP contribution in [0, 0.1) is 6.92 Å². The molecule has 180 valence electrons. The van der Waals surface area contributed by atoms with Crippen molar-refractivity contribution in [2.24, 2.45) is 5.73 Å². The van der Waals surface area contributed by atoms with E-state index in [9.17, 15) is 4.79 Å². The van der Waals surface area contributed by atoms with Crippen molar-refractivity contribution in [2.75, 3.05) is 5.32 Å². The van der Waals surface area contributed by atoms with Gasteiger partial charge in [-0.05, 0) is 63.8 Å². The topological polar surface area (TPSA) is 98.7 Å². The lowest BCUT2D eigenvalue weighted by Crippen LogP contribution is -2.33. The van der Waals surface area contributed by atoms with E-state index < -0.39 is 0 Å². The minimum absolute atomic E-state index is 0.128. The van der Waals surface area contributed by atoms with E-state index in [-0.39, 0.29) is 11.6 Å². The average Bonchev–Trinajstić information content (AvgIpc) is 2.85. The number of anilines is 1. The smallest absolute Gasteiger partial charge is 0.260 e. The van der Waals surface area contributed by atoms with Crippen LogP contribution in [0.5, 0.6) is 0 Å². The summed E-state index contributed by atoms with van der Waals surface area (Å²) in [5.41, 5.74) is 10.4. The standard InChI is InChI=1S/C27H29ClN6O/c1-3-34-25-18(15-30-27(33-25)32-20-10-8-19(29)9-11-20)13-22(26(34)35)21-12-7-17(14-23(21)28)24-6-4-5-16(2)31-24/h4-7,12-15,19-20H,3,8-11,29H2,1-2H3,(H,30,32,33). The predicted octanol–water partition coefficient (Wildman–Crippen LogP) is 5.18. The lowest BCUT2D eigenvalue weighted by atomic mass is 9.92. The van der Waals surface area contributed by atoms with Crippen molar-refractivity contribution in [3.63, 3.8) is 0 Å². The van der Waals surface area contributed by atoms with Crippen LogP contribution in [-0.4, -0.2) is 31.6 Å². The van der Waals surface area contributed by atoms with Crippen molar-refractivity contribution < 1.29 is 0 Å². The van der Waals surface area contributed by atoms with Crippen molar-refractivity contribution in [1.82, 2.24) is 19.5 Å². The number of rotatable bonds is 5. The van der Waals surface area contributed by atoms with Crippen molar-refractivity contribution in [1.29, 1.82) is 0 Å². The van der Waals surface area contributed by atoms with E-state index in [0.29, 0.717) is 40.3 Å². The zero-order valence-corrected chi connectivity index (χ0v) is 20.7. The van der Waals surface area contributed by atoms with Gasteiger partial charge in [-0.25, -0.2) is 4.98 Å². The second kappa shape index (κ2) is 9.76. The van der Waals surface area contributed by atoms with Gasteiger partial charge < -0.3 is 11.1 Å². The number of nitrogens with zero attached hydrogens (tertiary/aromatic N) is 4. The van der Waals surface area contributed by atoms with E-state index in [4.69, 9.17) is 22.3 Å². The summed E-state index contributed by atoms with van der Waals surface area (Å²) < 4.78 is 1.68. The van der Waals surface area contributed by atoms with Gasteiger partial charge in [0.25, 0.3) is 5.56 Å². The summed E-state index contributed by atoms with van der Waals surface area (Å²) in [6.07, 6.45) is 5.75. The first-order valence-electron chi connectivity index (χ1n) is 12.1. The quantitative estimate of drug-likeness (QED) is 0.401. The largest absolute Gasteiger partial charge is 0.351 e. The summed E-state index contributed by atoms with van der Waals surface area (Å²) in [4.78, 5) is 27.3. The Morgan fingerprint density at radius 2 is 1.89 bits per heavy atom. The third kappa shape index (κ3) is 4.79. The molecule has 1 fully saturated rings. The van der Waals surface area contributed by atoms with E-state index in [1.54, 1.807) is 10.8 Å². The fourth-order valence-electron chi connectivity index (χ4n) is 4.76. The molecular formula is C27H29ClN6O. The molecule has 0 bridgehead atoms. The highest BCUT2D eigenvalue weighted by atomic mass is 35.5. The number of benzene rings is 1. The molecule has 35 heavy (non-hydrogen) atoms. The highest BCUT2D eigenvalue weighted by molar-refractivity contribution is 6.33. The van der Waals surface area contributed by atoms with Gasteiger partial charge in [-0.15, -0.1) is 0 Å². The maximum atomic E-state index is 13.5. The van der Waals surface area contributed by atoms with Gasteiger partial charge in [-0.2, -0.15) is 4.98 Å². The fourth-order valence-corrected chi connectivity index (χ4v) is 5.04. The molecule has 3 N–H and O–H groups in total. The molecule has 1 saturated carbocycles. The van der Waals surface area contributed by atoms with Crippen LogP contribution < -0.4 is 16.6 Å². The maximum absolute atomic E-state index is 13.5. The summed E-state index contributed by atoms with van der Waals surface area (Å²) in [7, 11) is 0. The third-order valence-corrected chi connectivity index (χ3v) is 7.00. The number of hydrogen-bond donors (Lipinski definition) is 2. The molecular weight excluding hydrogens is 460 g/mol. The molecule has 0 radical (unpaired) electrons. The molecule has 0 unspecified atom stereocenters. The number of fused-ring (bicyclic) bond motifs is 1. The summed E-state index contributed by atoms with van der Waals surface area (Å²) >= 11 is 6.69. The fraction of sp³-hybridized carbons (Fsp3) is 0.333. The molecule has 0 aliphatic heterocycles. The van der Waals surface area contributed by atoms with E-state index in [0.717, 1.165) is 48.0 Å². The van der Waals surface area contributed by atoms with Crippen LogP contribution in [-0.2, 0) is 6.54 Å². The predicted molar refractivity (Wildman–Crippen MR) is 142 cm³/mol. The Labute approximate surface area is 209 Å². The van der Waals surface area contributed by atoms with Gasteiger partial charge >= 0.3 is 0 Å². The molecule has 1 aromatic carbocycles. The number of halogens is 1. The van der Waals surface area contributed by atoms with E-state index in [1.807, 2.05) is 56.3 Å². The Kier molecular flexibility index (Phi) is 6.54. The molecule has 8 heteroatoms. The van der Waals surface area contributed by atoms with Gasteiger partial charge in [0.15, 0.2) is 0 Å². The minimum atomic E-state index is -0.128. The van der Waals surface area contributed by atoms with Gasteiger partial charge in [0, 0.05) is 57.6 Å². The molecule has 1 aliphatic rings. The highest BCUT2D eigenvalue weighted by Crippen LogP contribution is 2.31.